The van der Waals surface area contributed by atoms with E-state index in [0.29, 0.717) is 5.56 Å². The topological polar surface area (TPSA) is 63.3 Å². The van der Waals surface area contributed by atoms with Crippen LogP contribution in [0.3, 0.4) is 0 Å². The highest BCUT2D eigenvalue weighted by atomic mass is 32.2. The third-order valence-electron chi connectivity index (χ3n) is 1.77. The van der Waals surface area contributed by atoms with Crippen LogP contribution in [0.15, 0.2) is 23.1 Å². The summed E-state index contributed by atoms with van der Waals surface area (Å²) in [6, 6.07) is 4.58. The second-order valence-corrected chi connectivity index (χ2v) is 4.07. The first-order valence-electron chi connectivity index (χ1n) is 4.00. The van der Waals surface area contributed by atoms with E-state index in [4.69, 9.17) is 10.8 Å². The second kappa shape index (κ2) is 4.06. The van der Waals surface area contributed by atoms with Crippen molar-refractivity contribution in [1.29, 1.82) is 0 Å². The van der Waals surface area contributed by atoms with Gasteiger partial charge in [-0.2, -0.15) is 8.78 Å². The number of hydrogen-bond donors (Lipinski definition) is 2. The normalized spacial score (nSPS) is 11.4. The first-order valence-corrected chi connectivity index (χ1v) is 4.81. The largest absolute Gasteiger partial charge is 0.476 e. The van der Waals surface area contributed by atoms with Crippen LogP contribution < -0.4 is 5.73 Å². The van der Waals surface area contributed by atoms with E-state index < -0.39 is 11.2 Å². The number of carboxylic acids is 1. The summed E-state index contributed by atoms with van der Waals surface area (Å²) < 4.78 is 25.7. The van der Waals surface area contributed by atoms with Gasteiger partial charge in [-0.1, -0.05) is 12.1 Å². The molecule has 0 aromatic heterocycles. The number of para-hydroxylation sites is 1. The number of hydrogen-bond acceptors (Lipinski definition) is 3. The standard InChI is InChI=1S/C9H9F2NO2S/c1-5-3-2-4-6(7(5)12)15-9(10,11)8(13)14/h2-4H,12H2,1H3,(H,13,14). The first-order chi connectivity index (χ1) is 6.84. The molecule has 0 radical (unpaired) electrons. The van der Waals surface area contributed by atoms with Crippen LogP contribution in [-0.2, 0) is 4.79 Å². The lowest BCUT2D eigenvalue weighted by Gasteiger charge is -2.12. The van der Waals surface area contributed by atoms with Gasteiger partial charge in [-0.05, 0) is 30.3 Å². The van der Waals surface area contributed by atoms with Gasteiger partial charge in [-0.15, -0.1) is 0 Å². The minimum atomic E-state index is -3.86. The Balaban J connectivity index is 3.00. The van der Waals surface area contributed by atoms with Gasteiger partial charge >= 0.3 is 11.2 Å². The Bertz CT molecular complexity index is 396. The van der Waals surface area contributed by atoms with Crippen molar-refractivity contribution in [2.45, 2.75) is 17.1 Å². The fraction of sp³-hybridized carbons (Fsp3) is 0.222. The van der Waals surface area contributed by atoms with Crippen molar-refractivity contribution < 1.29 is 18.7 Å². The molecule has 0 unspecified atom stereocenters. The van der Waals surface area contributed by atoms with E-state index in [0.717, 1.165) is 0 Å². The molecule has 1 rings (SSSR count). The molecule has 0 saturated heterocycles. The second-order valence-electron chi connectivity index (χ2n) is 2.91. The van der Waals surface area contributed by atoms with Crippen LogP contribution in [0.1, 0.15) is 5.56 Å². The van der Waals surface area contributed by atoms with E-state index in [1.165, 1.54) is 6.07 Å². The number of aryl methyl sites for hydroxylation is 1. The molecule has 0 bridgehead atoms. The van der Waals surface area contributed by atoms with Gasteiger partial charge in [0.05, 0.1) is 0 Å². The smallest absolute Gasteiger partial charge is 0.393 e. The lowest BCUT2D eigenvalue weighted by molar-refractivity contribution is -0.152. The van der Waals surface area contributed by atoms with Crippen LogP contribution in [0.2, 0.25) is 0 Å². The van der Waals surface area contributed by atoms with E-state index in [9.17, 15) is 13.6 Å². The molecule has 3 N–H and O–H groups in total. The highest BCUT2D eigenvalue weighted by Crippen LogP contribution is 2.39. The van der Waals surface area contributed by atoms with Crippen molar-refractivity contribution in [3.63, 3.8) is 0 Å². The molecule has 0 atom stereocenters. The molecule has 0 aliphatic heterocycles. The summed E-state index contributed by atoms with van der Waals surface area (Å²) >= 11 is -0.0631. The number of carboxylic acid groups (broad SMARTS) is 1. The third kappa shape index (κ3) is 2.59. The maximum atomic E-state index is 12.9. The zero-order valence-corrected chi connectivity index (χ0v) is 8.65. The summed E-state index contributed by atoms with van der Waals surface area (Å²) in [5.74, 6) is -2.17. The number of carbonyl (C=O) groups is 1. The van der Waals surface area contributed by atoms with E-state index in [1.807, 2.05) is 0 Å². The molecule has 0 heterocycles. The third-order valence-corrected chi connectivity index (χ3v) is 2.78. The van der Waals surface area contributed by atoms with Crippen LogP contribution in [0.4, 0.5) is 14.5 Å². The zero-order valence-electron chi connectivity index (χ0n) is 7.83. The number of thioether (sulfide) groups is 1. The average Bonchev–Trinajstić information content (AvgIpc) is 2.12. The molecular formula is C9H9F2NO2S. The Hall–Kier alpha value is -1.30. The van der Waals surface area contributed by atoms with E-state index in [2.05, 4.69) is 0 Å². The Kier molecular flexibility index (Phi) is 3.18. The molecule has 0 saturated carbocycles. The monoisotopic (exact) mass is 233 g/mol. The minimum absolute atomic E-state index is 0.0631. The number of anilines is 1. The predicted molar refractivity (Wildman–Crippen MR) is 54.0 cm³/mol. The number of nitrogens with two attached hydrogens (primary N) is 1. The number of nitrogen functional groups attached to an aromatic ring is 1. The van der Waals surface area contributed by atoms with Gasteiger partial charge in [0, 0.05) is 10.6 Å². The van der Waals surface area contributed by atoms with Gasteiger partial charge in [-0.25, -0.2) is 4.79 Å². The summed E-state index contributed by atoms with van der Waals surface area (Å²) in [5, 5.41) is 4.39. The minimum Gasteiger partial charge on any atom is -0.476 e. The van der Waals surface area contributed by atoms with Crippen molar-refractivity contribution in [2.24, 2.45) is 0 Å². The molecule has 82 valence electrons. The van der Waals surface area contributed by atoms with Crippen molar-refractivity contribution >= 4 is 23.4 Å². The molecular weight excluding hydrogens is 224 g/mol. The fourth-order valence-corrected chi connectivity index (χ4v) is 1.71. The van der Waals surface area contributed by atoms with Crippen LogP contribution in [0.25, 0.3) is 0 Å². The van der Waals surface area contributed by atoms with Crippen LogP contribution in [0.5, 0.6) is 0 Å². The maximum Gasteiger partial charge on any atom is 0.393 e. The van der Waals surface area contributed by atoms with Crippen LogP contribution in [-0.4, -0.2) is 16.3 Å². The Morgan fingerprint density at radius 2 is 2.13 bits per heavy atom. The molecule has 1 aromatic rings. The summed E-state index contributed by atoms with van der Waals surface area (Å²) in [6.07, 6.45) is 0. The van der Waals surface area contributed by atoms with E-state index in [-0.39, 0.29) is 22.3 Å². The quantitative estimate of drug-likeness (QED) is 0.621. The highest BCUT2D eigenvalue weighted by molar-refractivity contribution is 8.01. The SMILES string of the molecule is Cc1cccc(SC(F)(F)C(=O)O)c1N. The highest BCUT2D eigenvalue weighted by Gasteiger charge is 2.40. The molecule has 1 aromatic carbocycles. The molecule has 0 spiro atoms. The van der Waals surface area contributed by atoms with Gasteiger partial charge < -0.3 is 10.8 Å². The lowest BCUT2D eigenvalue weighted by Crippen LogP contribution is -2.23. The van der Waals surface area contributed by atoms with Crippen molar-refractivity contribution in [2.75, 3.05) is 5.73 Å². The molecule has 0 fully saturated rings. The number of aliphatic carboxylic acids is 1. The molecule has 15 heavy (non-hydrogen) atoms. The Morgan fingerprint density at radius 1 is 1.53 bits per heavy atom. The summed E-state index contributed by atoms with van der Waals surface area (Å²) in [6.45, 7) is 1.66. The Labute approximate surface area is 89.3 Å². The summed E-state index contributed by atoms with van der Waals surface area (Å²) in [4.78, 5) is 10.3. The van der Waals surface area contributed by atoms with E-state index >= 15 is 0 Å². The number of halogens is 2. The molecule has 6 heteroatoms. The fourth-order valence-electron chi connectivity index (χ4n) is 0.924. The Morgan fingerprint density at radius 3 is 2.67 bits per heavy atom. The molecule has 3 nitrogen and oxygen atoms in total. The summed E-state index contributed by atoms with van der Waals surface area (Å²) in [7, 11) is 0. The molecule has 0 amide bonds. The van der Waals surface area contributed by atoms with Gasteiger partial charge in [-0.3, -0.25) is 0 Å². The maximum absolute atomic E-state index is 12.9. The number of benzene rings is 1. The summed E-state index contributed by atoms with van der Waals surface area (Å²) in [5.41, 5.74) is 6.37. The average molecular weight is 233 g/mol. The van der Waals surface area contributed by atoms with Crippen LogP contribution >= 0.6 is 11.8 Å². The van der Waals surface area contributed by atoms with Gasteiger partial charge in [0.1, 0.15) is 0 Å². The first kappa shape index (κ1) is 11.8. The number of rotatable bonds is 3. The van der Waals surface area contributed by atoms with Gasteiger partial charge in [0.2, 0.25) is 0 Å². The van der Waals surface area contributed by atoms with Crippen molar-refractivity contribution in [1.82, 2.24) is 0 Å². The molecule has 0 aliphatic carbocycles. The lowest BCUT2D eigenvalue weighted by atomic mass is 10.2. The van der Waals surface area contributed by atoms with Gasteiger partial charge in [0.15, 0.2) is 0 Å². The van der Waals surface area contributed by atoms with E-state index in [1.54, 1.807) is 19.1 Å². The van der Waals surface area contributed by atoms with Crippen molar-refractivity contribution in [3.05, 3.63) is 23.8 Å². The number of alkyl halides is 2. The van der Waals surface area contributed by atoms with Gasteiger partial charge in [0.25, 0.3) is 0 Å². The zero-order chi connectivity index (χ0) is 11.6. The predicted octanol–water partition coefficient (Wildman–Crippen LogP) is 2.35. The van der Waals surface area contributed by atoms with Crippen molar-refractivity contribution in [3.8, 4) is 0 Å². The van der Waals surface area contributed by atoms with Crippen LogP contribution in [0, 0.1) is 6.92 Å². The molecule has 0 aliphatic rings.